The van der Waals surface area contributed by atoms with E-state index in [0.29, 0.717) is 6.04 Å². The predicted octanol–water partition coefficient (Wildman–Crippen LogP) is 5.37. The Balaban J connectivity index is 1.59. The summed E-state index contributed by atoms with van der Waals surface area (Å²) in [6, 6.07) is 9.81. The molecule has 0 N–H and O–H groups in total. The summed E-state index contributed by atoms with van der Waals surface area (Å²) in [6.45, 7) is 5.48. The van der Waals surface area contributed by atoms with Gasteiger partial charge in [-0.1, -0.05) is 57.6 Å². The fraction of sp³-hybridized carbons (Fsp3) is 0.680. The Morgan fingerprint density at radius 1 is 0.933 bits per heavy atom. The third kappa shape index (κ3) is 4.49. The molecule has 1 aliphatic carbocycles. The monoisotopic (exact) mass is 407 g/mol. The van der Waals surface area contributed by atoms with Crippen molar-refractivity contribution in [3.05, 3.63) is 29.9 Å². The van der Waals surface area contributed by atoms with E-state index in [1.54, 1.807) is 0 Å². The van der Waals surface area contributed by atoms with Crippen molar-refractivity contribution >= 4 is 11.0 Å². The fourth-order valence-corrected chi connectivity index (χ4v) is 5.61. The van der Waals surface area contributed by atoms with Gasteiger partial charge in [0.25, 0.3) is 0 Å². The normalized spacial score (nSPS) is 20.9. The molecule has 0 amide bonds. The van der Waals surface area contributed by atoms with Crippen LogP contribution in [0.1, 0.15) is 83.6 Å². The van der Waals surface area contributed by atoms with Crippen LogP contribution in [0.2, 0.25) is 0 Å². The summed E-state index contributed by atoms with van der Waals surface area (Å²) in [7, 11) is 0. The first kappa shape index (κ1) is 21.2. The first-order valence-corrected chi connectivity index (χ1v) is 12.2. The smallest absolute Gasteiger partial charge is 0.221 e. The molecule has 0 radical (unpaired) electrons. The molecule has 30 heavy (non-hydrogen) atoms. The van der Waals surface area contributed by atoms with Crippen LogP contribution in [0.3, 0.4) is 0 Å². The number of para-hydroxylation sites is 2. The summed E-state index contributed by atoms with van der Waals surface area (Å²) >= 11 is 0. The largest absolute Gasteiger partial charge is 0.309 e. The Kier molecular flexibility index (Phi) is 7.28. The van der Waals surface area contributed by atoms with Crippen molar-refractivity contribution in [2.75, 3.05) is 13.1 Å². The number of aryl methyl sites for hydroxylation is 1. The maximum absolute atomic E-state index is 9.43. The molecule has 2 aliphatic rings. The van der Waals surface area contributed by atoms with E-state index in [4.69, 9.17) is 0 Å². The van der Waals surface area contributed by atoms with Gasteiger partial charge >= 0.3 is 0 Å². The topological polar surface area (TPSA) is 49.2 Å². The van der Waals surface area contributed by atoms with Crippen LogP contribution in [0.25, 0.3) is 11.0 Å². The van der Waals surface area contributed by atoms with Gasteiger partial charge < -0.3 is 14.0 Å². The molecule has 2 aromatic rings. The van der Waals surface area contributed by atoms with E-state index in [0.717, 1.165) is 43.9 Å². The van der Waals surface area contributed by atoms with Crippen molar-refractivity contribution in [1.29, 1.82) is 5.26 Å². The standard InChI is InChI=1S/C25H37N5/c1-2-3-17-29-23-13-9-10-14-24(23)30(25(29)27-20-26)22-15-18-28(19-16-22)21-11-7-5-4-6-8-12-21/h9-10,13-14,21-22H,2-8,11-12,15-19H2,1H3/b27-25+. The second-order valence-electron chi connectivity index (χ2n) is 9.14. The molecular weight excluding hydrogens is 370 g/mol. The lowest BCUT2D eigenvalue weighted by molar-refractivity contribution is 0.115. The second kappa shape index (κ2) is 10.3. The quantitative estimate of drug-likeness (QED) is 0.625. The molecule has 1 aliphatic heterocycles. The summed E-state index contributed by atoms with van der Waals surface area (Å²) in [5.74, 6) is 0. The van der Waals surface area contributed by atoms with Crippen LogP contribution in [0.5, 0.6) is 0 Å². The van der Waals surface area contributed by atoms with Crippen molar-refractivity contribution < 1.29 is 0 Å². The lowest BCUT2D eigenvalue weighted by Gasteiger charge is -2.39. The summed E-state index contributed by atoms with van der Waals surface area (Å²) in [4.78, 5) is 7.09. The Bertz CT molecular complexity index is 915. The number of hydrogen-bond donors (Lipinski definition) is 0. The number of benzene rings is 1. The van der Waals surface area contributed by atoms with Gasteiger partial charge in [0.1, 0.15) is 0 Å². The highest BCUT2D eigenvalue weighted by Gasteiger charge is 2.28. The molecule has 162 valence electrons. The minimum atomic E-state index is 0.426. The molecule has 2 fully saturated rings. The molecule has 0 spiro atoms. The SMILES string of the molecule is CCCCn1/c(=N\C#N)n(C2CCN(C3CCCCCCC3)CC2)c2ccccc21. The number of piperidine rings is 1. The van der Waals surface area contributed by atoms with Crippen LogP contribution in [-0.4, -0.2) is 33.2 Å². The van der Waals surface area contributed by atoms with E-state index in [1.165, 1.54) is 69.1 Å². The molecule has 1 aromatic carbocycles. The Morgan fingerprint density at radius 2 is 1.60 bits per heavy atom. The van der Waals surface area contributed by atoms with Crippen LogP contribution in [0, 0.1) is 11.5 Å². The maximum atomic E-state index is 9.43. The van der Waals surface area contributed by atoms with Gasteiger partial charge in [-0.2, -0.15) is 5.26 Å². The lowest BCUT2D eigenvalue weighted by atomic mass is 9.93. The molecule has 1 saturated heterocycles. The molecule has 0 bridgehead atoms. The highest BCUT2D eigenvalue weighted by Crippen LogP contribution is 2.30. The van der Waals surface area contributed by atoms with Crippen molar-refractivity contribution in [3.8, 4) is 6.19 Å². The third-order valence-electron chi connectivity index (χ3n) is 7.23. The Hall–Kier alpha value is -2.06. The van der Waals surface area contributed by atoms with Crippen molar-refractivity contribution in [2.24, 2.45) is 4.99 Å². The first-order chi connectivity index (χ1) is 14.8. The van der Waals surface area contributed by atoms with Crippen molar-refractivity contribution in [2.45, 2.75) is 96.2 Å². The highest BCUT2D eigenvalue weighted by atomic mass is 15.2. The van der Waals surface area contributed by atoms with Gasteiger partial charge in [0.05, 0.1) is 11.0 Å². The van der Waals surface area contributed by atoms with Crippen molar-refractivity contribution in [3.63, 3.8) is 0 Å². The number of unbranched alkanes of at least 4 members (excludes halogenated alkanes) is 1. The summed E-state index contributed by atoms with van der Waals surface area (Å²) in [5, 5.41) is 9.43. The van der Waals surface area contributed by atoms with Crippen LogP contribution in [0.15, 0.2) is 29.3 Å². The van der Waals surface area contributed by atoms with E-state index in [9.17, 15) is 5.26 Å². The molecule has 0 atom stereocenters. The molecule has 4 rings (SSSR count). The van der Waals surface area contributed by atoms with Crippen LogP contribution in [0.4, 0.5) is 0 Å². The van der Waals surface area contributed by atoms with E-state index in [2.05, 4.69) is 56.4 Å². The lowest BCUT2D eigenvalue weighted by Crippen LogP contribution is -2.43. The number of hydrogen-bond acceptors (Lipinski definition) is 3. The van der Waals surface area contributed by atoms with Gasteiger partial charge in [0, 0.05) is 31.7 Å². The number of imidazole rings is 1. The van der Waals surface area contributed by atoms with Crippen LogP contribution < -0.4 is 5.62 Å². The minimum absolute atomic E-state index is 0.426. The number of nitriles is 1. The molecule has 5 heteroatoms. The van der Waals surface area contributed by atoms with Gasteiger partial charge in [-0.15, -0.1) is 4.99 Å². The molecule has 2 heterocycles. The average molecular weight is 408 g/mol. The summed E-state index contributed by atoms with van der Waals surface area (Å²) in [6.07, 6.45) is 16.4. The molecule has 1 saturated carbocycles. The molecular formula is C25H37N5. The van der Waals surface area contributed by atoms with E-state index in [1.807, 2.05) is 0 Å². The van der Waals surface area contributed by atoms with Crippen LogP contribution >= 0.6 is 0 Å². The average Bonchev–Trinajstić information content (AvgIpc) is 3.06. The number of aromatic nitrogens is 2. The number of fused-ring (bicyclic) bond motifs is 1. The molecule has 1 aromatic heterocycles. The van der Waals surface area contributed by atoms with E-state index >= 15 is 0 Å². The molecule has 5 nitrogen and oxygen atoms in total. The number of nitrogens with zero attached hydrogens (tertiary/aromatic N) is 5. The van der Waals surface area contributed by atoms with Gasteiger partial charge in [0.2, 0.25) is 11.8 Å². The first-order valence-electron chi connectivity index (χ1n) is 12.2. The van der Waals surface area contributed by atoms with Gasteiger partial charge in [-0.25, -0.2) is 0 Å². The highest BCUT2D eigenvalue weighted by molar-refractivity contribution is 5.76. The zero-order valence-electron chi connectivity index (χ0n) is 18.6. The van der Waals surface area contributed by atoms with Crippen molar-refractivity contribution in [1.82, 2.24) is 14.0 Å². The third-order valence-corrected chi connectivity index (χ3v) is 7.23. The maximum Gasteiger partial charge on any atom is 0.221 e. The number of rotatable bonds is 5. The van der Waals surface area contributed by atoms with Crippen LogP contribution in [-0.2, 0) is 6.54 Å². The van der Waals surface area contributed by atoms with E-state index < -0.39 is 0 Å². The summed E-state index contributed by atoms with van der Waals surface area (Å²) in [5.41, 5.74) is 3.28. The minimum Gasteiger partial charge on any atom is -0.309 e. The second-order valence-corrected chi connectivity index (χ2v) is 9.14. The fourth-order valence-electron chi connectivity index (χ4n) is 5.61. The number of likely N-dealkylation sites (tertiary alicyclic amines) is 1. The van der Waals surface area contributed by atoms with E-state index in [-0.39, 0.29) is 0 Å². The Labute approximate surface area is 181 Å². The summed E-state index contributed by atoms with van der Waals surface area (Å²) < 4.78 is 4.65. The molecule has 0 unspecified atom stereocenters. The zero-order valence-corrected chi connectivity index (χ0v) is 18.6. The zero-order chi connectivity index (χ0) is 20.8. The van der Waals surface area contributed by atoms with Gasteiger partial charge in [-0.3, -0.25) is 0 Å². The Morgan fingerprint density at radius 3 is 2.27 bits per heavy atom. The van der Waals surface area contributed by atoms with Gasteiger partial charge in [0.15, 0.2) is 0 Å². The van der Waals surface area contributed by atoms with Gasteiger partial charge in [-0.05, 0) is 44.2 Å². The predicted molar refractivity (Wildman–Crippen MR) is 122 cm³/mol.